The number of non-ortho nitro benzene ring substituents is 1. The Labute approximate surface area is 105 Å². The fourth-order valence-corrected chi connectivity index (χ4v) is 2.00. The summed E-state index contributed by atoms with van der Waals surface area (Å²) in [6.45, 7) is 2.69. The Balaban J connectivity index is 2.07. The first-order valence-corrected chi connectivity index (χ1v) is 5.79. The summed E-state index contributed by atoms with van der Waals surface area (Å²) in [4.78, 5) is 12.3. The molecule has 1 saturated heterocycles. The zero-order chi connectivity index (χ0) is 12.4. The minimum absolute atomic E-state index is 0.0340. The largest absolute Gasteiger partial charge is 0.314 e. The highest BCUT2D eigenvalue weighted by Crippen LogP contribution is 2.24. The summed E-state index contributed by atoms with van der Waals surface area (Å²) in [6.07, 6.45) is 0. The lowest BCUT2D eigenvalue weighted by atomic mass is 10.1. The smallest absolute Gasteiger partial charge is 0.270 e. The second-order valence-corrected chi connectivity index (χ2v) is 4.67. The van der Waals surface area contributed by atoms with E-state index < -0.39 is 4.92 Å². The molecule has 5 nitrogen and oxygen atoms in total. The molecule has 92 valence electrons. The van der Waals surface area contributed by atoms with E-state index in [1.807, 2.05) is 7.05 Å². The minimum atomic E-state index is -0.435. The van der Waals surface area contributed by atoms with E-state index in [9.17, 15) is 10.1 Å². The molecular formula is C11H14ClN3O2. The van der Waals surface area contributed by atoms with Gasteiger partial charge in [-0.05, 0) is 18.7 Å². The van der Waals surface area contributed by atoms with Crippen LogP contribution in [0.2, 0.25) is 5.02 Å². The Morgan fingerprint density at radius 1 is 1.59 bits per heavy atom. The van der Waals surface area contributed by atoms with E-state index in [-0.39, 0.29) is 5.69 Å². The maximum Gasteiger partial charge on any atom is 0.270 e. The molecule has 1 fully saturated rings. The number of nitro groups is 1. The molecule has 0 saturated carbocycles. The minimum Gasteiger partial charge on any atom is -0.314 e. The van der Waals surface area contributed by atoms with E-state index in [2.05, 4.69) is 10.2 Å². The van der Waals surface area contributed by atoms with Crippen molar-refractivity contribution in [1.82, 2.24) is 10.2 Å². The van der Waals surface area contributed by atoms with Gasteiger partial charge < -0.3 is 5.32 Å². The van der Waals surface area contributed by atoms with Crippen LogP contribution < -0.4 is 5.32 Å². The van der Waals surface area contributed by atoms with Crippen molar-refractivity contribution in [3.8, 4) is 0 Å². The molecule has 1 aromatic carbocycles. The van der Waals surface area contributed by atoms with Crippen LogP contribution in [0, 0.1) is 10.1 Å². The molecule has 0 aliphatic carbocycles. The number of nitrogens with zero attached hydrogens (tertiary/aromatic N) is 2. The van der Waals surface area contributed by atoms with Crippen LogP contribution in [0.5, 0.6) is 0 Å². The summed E-state index contributed by atoms with van der Waals surface area (Å²) >= 11 is 6.04. The Morgan fingerprint density at radius 3 is 2.76 bits per heavy atom. The number of hydrogen-bond acceptors (Lipinski definition) is 4. The molecule has 2 rings (SSSR count). The molecule has 0 atom stereocenters. The Kier molecular flexibility index (Phi) is 3.61. The third-order valence-electron chi connectivity index (χ3n) is 3.05. The zero-order valence-corrected chi connectivity index (χ0v) is 10.3. The van der Waals surface area contributed by atoms with Crippen LogP contribution in [0.15, 0.2) is 18.2 Å². The van der Waals surface area contributed by atoms with Crippen LogP contribution in [0.4, 0.5) is 5.69 Å². The number of benzene rings is 1. The van der Waals surface area contributed by atoms with Crippen LogP contribution in [0.3, 0.4) is 0 Å². The third kappa shape index (κ3) is 2.74. The van der Waals surface area contributed by atoms with Gasteiger partial charge in [-0.3, -0.25) is 15.0 Å². The topological polar surface area (TPSA) is 58.4 Å². The quantitative estimate of drug-likeness (QED) is 0.657. The maximum absolute atomic E-state index is 10.6. The predicted octanol–water partition coefficient (Wildman–Crippen LogP) is 1.65. The third-order valence-corrected chi connectivity index (χ3v) is 3.40. The number of nitrogens with one attached hydrogen (secondary N) is 1. The van der Waals surface area contributed by atoms with Gasteiger partial charge in [-0.25, -0.2) is 0 Å². The SMILES string of the molecule is CN(Cc1ccc([N+](=O)[O-])cc1Cl)C1CNC1. The van der Waals surface area contributed by atoms with Crippen molar-refractivity contribution >= 4 is 17.3 Å². The van der Waals surface area contributed by atoms with Crippen molar-refractivity contribution < 1.29 is 4.92 Å². The lowest BCUT2D eigenvalue weighted by molar-refractivity contribution is -0.384. The number of likely N-dealkylation sites (N-methyl/N-ethyl adjacent to an activating group) is 1. The van der Waals surface area contributed by atoms with Gasteiger partial charge in [0, 0.05) is 37.8 Å². The highest BCUT2D eigenvalue weighted by molar-refractivity contribution is 6.31. The van der Waals surface area contributed by atoms with Crippen LogP contribution in [0.25, 0.3) is 0 Å². The molecule has 1 heterocycles. The van der Waals surface area contributed by atoms with E-state index in [4.69, 9.17) is 11.6 Å². The van der Waals surface area contributed by atoms with E-state index in [0.29, 0.717) is 17.6 Å². The summed E-state index contributed by atoms with van der Waals surface area (Å²) in [5.41, 5.74) is 0.957. The van der Waals surface area contributed by atoms with Gasteiger partial charge in [0.15, 0.2) is 0 Å². The molecule has 1 aliphatic rings. The molecule has 1 aromatic rings. The molecule has 0 spiro atoms. The number of rotatable bonds is 4. The lowest BCUT2D eigenvalue weighted by Crippen LogP contribution is -2.55. The molecule has 1 N–H and O–H groups in total. The standard InChI is InChI=1S/C11H14ClN3O2/c1-14(10-5-13-6-10)7-8-2-3-9(15(16)17)4-11(8)12/h2-4,10,13H,5-7H2,1H3. The van der Waals surface area contributed by atoms with E-state index in [1.165, 1.54) is 12.1 Å². The normalized spacial score (nSPS) is 15.9. The van der Waals surface area contributed by atoms with Crippen molar-refractivity contribution in [2.75, 3.05) is 20.1 Å². The molecule has 6 heteroatoms. The van der Waals surface area contributed by atoms with Gasteiger partial charge >= 0.3 is 0 Å². The highest BCUT2D eigenvalue weighted by atomic mass is 35.5. The first-order valence-electron chi connectivity index (χ1n) is 5.41. The highest BCUT2D eigenvalue weighted by Gasteiger charge is 2.22. The van der Waals surface area contributed by atoms with Crippen molar-refractivity contribution in [3.63, 3.8) is 0 Å². The van der Waals surface area contributed by atoms with Gasteiger partial charge in [0.05, 0.1) is 9.95 Å². The Hall–Kier alpha value is -1.17. The fourth-order valence-electron chi connectivity index (χ4n) is 1.76. The molecule has 0 aromatic heterocycles. The van der Waals surface area contributed by atoms with Crippen molar-refractivity contribution in [3.05, 3.63) is 38.9 Å². The number of nitro benzene ring substituents is 1. The second-order valence-electron chi connectivity index (χ2n) is 4.26. The average molecular weight is 256 g/mol. The average Bonchev–Trinajstić information content (AvgIpc) is 2.18. The van der Waals surface area contributed by atoms with Crippen molar-refractivity contribution in [2.24, 2.45) is 0 Å². The Bertz CT molecular complexity index is 435. The summed E-state index contributed by atoms with van der Waals surface area (Å²) in [5, 5.41) is 14.2. The van der Waals surface area contributed by atoms with Gasteiger partial charge in [0.25, 0.3) is 5.69 Å². The molecule has 0 radical (unpaired) electrons. The molecule has 1 aliphatic heterocycles. The molecule has 0 amide bonds. The summed E-state index contributed by atoms with van der Waals surface area (Å²) < 4.78 is 0. The van der Waals surface area contributed by atoms with Gasteiger partial charge in [-0.1, -0.05) is 11.6 Å². The van der Waals surface area contributed by atoms with Gasteiger partial charge in [-0.2, -0.15) is 0 Å². The second kappa shape index (κ2) is 5.00. The molecular weight excluding hydrogens is 242 g/mol. The van der Waals surface area contributed by atoms with Crippen LogP contribution >= 0.6 is 11.6 Å². The fraction of sp³-hybridized carbons (Fsp3) is 0.455. The summed E-state index contributed by atoms with van der Waals surface area (Å²) in [5.74, 6) is 0. The monoisotopic (exact) mass is 255 g/mol. The number of halogens is 1. The van der Waals surface area contributed by atoms with Crippen LogP contribution in [-0.4, -0.2) is 36.0 Å². The van der Waals surface area contributed by atoms with Crippen molar-refractivity contribution in [2.45, 2.75) is 12.6 Å². The van der Waals surface area contributed by atoms with E-state index in [1.54, 1.807) is 6.07 Å². The predicted molar refractivity (Wildman–Crippen MR) is 66.2 cm³/mol. The van der Waals surface area contributed by atoms with E-state index >= 15 is 0 Å². The first kappa shape index (κ1) is 12.3. The maximum atomic E-state index is 10.6. The lowest BCUT2D eigenvalue weighted by Gasteiger charge is -2.35. The van der Waals surface area contributed by atoms with Gasteiger partial charge in [-0.15, -0.1) is 0 Å². The zero-order valence-electron chi connectivity index (χ0n) is 9.52. The molecule has 0 unspecified atom stereocenters. The van der Waals surface area contributed by atoms with Gasteiger partial charge in [0.1, 0.15) is 0 Å². The first-order chi connectivity index (χ1) is 8.08. The Morgan fingerprint density at radius 2 is 2.29 bits per heavy atom. The van der Waals surface area contributed by atoms with E-state index in [0.717, 1.165) is 18.7 Å². The van der Waals surface area contributed by atoms with Crippen molar-refractivity contribution in [1.29, 1.82) is 0 Å². The summed E-state index contributed by atoms with van der Waals surface area (Å²) in [7, 11) is 2.03. The number of hydrogen-bond donors (Lipinski definition) is 1. The summed E-state index contributed by atoms with van der Waals surface area (Å²) in [6, 6.07) is 5.15. The molecule has 0 bridgehead atoms. The van der Waals surface area contributed by atoms with Crippen LogP contribution in [0.1, 0.15) is 5.56 Å². The molecule has 17 heavy (non-hydrogen) atoms. The van der Waals surface area contributed by atoms with Gasteiger partial charge in [0.2, 0.25) is 0 Å². The van der Waals surface area contributed by atoms with Crippen LogP contribution in [-0.2, 0) is 6.54 Å².